The number of methoxy groups -OCH3 is 1. The number of aromatic amines is 1. The zero-order valence-corrected chi connectivity index (χ0v) is 18.1. The Morgan fingerprint density at radius 2 is 2.28 bits per heavy atom. The quantitative estimate of drug-likeness (QED) is 0.773. The molecular formula is C24H27N3O5. The van der Waals surface area contributed by atoms with Crippen molar-refractivity contribution in [1.82, 2.24) is 14.9 Å². The van der Waals surface area contributed by atoms with Crippen LogP contribution in [0.2, 0.25) is 0 Å². The third kappa shape index (κ3) is 4.08. The third-order valence-electron chi connectivity index (χ3n) is 6.34. The number of aromatic nitrogens is 2. The number of carbonyl (C=O) groups excluding carboxylic acids is 1. The van der Waals surface area contributed by atoms with Crippen LogP contribution in [0.1, 0.15) is 36.0 Å². The van der Waals surface area contributed by atoms with Gasteiger partial charge in [0.25, 0.3) is 5.91 Å². The molecule has 1 fully saturated rings. The van der Waals surface area contributed by atoms with E-state index in [1.807, 2.05) is 0 Å². The zero-order valence-electron chi connectivity index (χ0n) is 18.1. The van der Waals surface area contributed by atoms with Gasteiger partial charge in [-0.05, 0) is 18.4 Å². The molecule has 8 heteroatoms. The summed E-state index contributed by atoms with van der Waals surface area (Å²) in [6, 6.07) is 1.64. The molecule has 5 rings (SSSR count). The van der Waals surface area contributed by atoms with Crippen molar-refractivity contribution in [3.63, 3.8) is 0 Å². The van der Waals surface area contributed by atoms with Crippen molar-refractivity contribution in [2.45, 2.75) is 37.9 Å². The molecule has 2 atom stereocenters. The molecule has 1 aliphatic heterocycles. The fraction of sp³-hybridized carbons (Fsp3) is 0.458. The van der Waals surface area contributed by atoms with E-state index >= 15 is 0 Å². The van der Waals surface area contributed by atoms with Gasteiger partial charge in [-0.3, -0.25) is 9.59 Å². The van der Waals surface area contributed by atoms with E-state index in [-0.39, 0.29) is 29.1 Å². The molecule has 0 saturated carbocycles. The van der Waals surface area contributed by atoms with Crippen molar-refractivity contribution >= 4 is 16.8 Å². The van der Waals surface area contributed by atoms with E-state index in [1.54, 1.807) is 24.3 Å². The highest BCUT2D eigenvalue weighted by Crippen LogP contribution is 2.35. The molecule has 2 aromatic rings. The molecule has 1 unspecified atom stereocenters. The summed E-state index contributed by atoms with van der Waals surface area (Å²) in [5.41, 5.74) is 3.18. The number of allylic oxidation sites excluding steroid dienone is 2. The minimum absolute atomic E-state index is 0.0302. The van der Waals surface area contributed by atoms with Gasteiger partial charge in [0.2, 0.25) is 11.3 Å². The Hall–Kier alpha value is -2.97. The standard InChI is InChI=1S/C24H27N3O5/c1-30-14-18-13-27(6-7-31-18)24(29)20-11-25-21-12-26-22(10-19(21)23(20)28)32-17-8-15-4-2-3-5-16(15)9-17/h2,4,10-12,17-18H,3,5-9,13-14H2,1H3,(H,25,28)/t17?,18-/m1/s1. The first-order chi connectivity index (χ1) is 15.6. The smallest absolute Gasteiger partial charge is 0.259 e. The first kappa shape index (κ1) is 20.9. The van der Waals surface area contributed by atoms with E-state index in [4.69, 9.17) is 14.2 Å². The molecule has 1 saturated heterocycles. The lowest BCUT2D eigenvalue weighted by atomic mass is 10.0. The minimum atomic E-state index is -0.322. The largest absolute Gasteiger partial charge is 0.474 e. The second kappa shape index (κ2) is 8.88. The van der Waals surface area contributed by atoms with Gasteiger partial charge in [0.15, 0.2) is 0 Å². The van der Waals surface area contributed by atoms with Crippen molar-refractivity contribution < 1.29 is 19.0 Å². The molecule has 0 aromatic carbocycles. The van der Waals surface area contributed by atoms with Crippen molar-refractivity contribution in [1.29, 1.82) is 0 Å². The molecule has 8 nitrogen and oxygen atoms in total. The topological polar surface area (TPSA) is 93.8 Å². The van der Waals surface area contributed by atoms with Crippen LogP contribution in [0.3, 0.4) is 0 Å². The van der Waals surface area contributed by atoms with Crippen LogP contribution in [0.4, 0.5) is 0 Å². The molecule has 1 N–H and O–H groups in total. The number of nitrogens with one attached hydrogen (secondary N) is 1. The Morgan fingerprint density at radius 3 is 3.12 bits per heavy atom. The first-order valence-corrected chi connectivity index (χ1v) is 11.1. The van der Waals surface area contributed by atoms with E-state index in [1.165, 1.54) is 17.3 Å². The summed E-state index contributed by atoms with van der Waals surface area (Å²) in [4.78, 5) is 35.3. The first-order valence-electron chi connectivity index (χ1n) is 11.1. The van der Waals surface area contributed by atoms with Gasteiger partial charge >= 0.3 is 0 Å². The molecule has 2 aromatic heterocycles. The monoisotopic (exact) mass is 437 g/mol. The highest BCUT2D eigenvalue weighted by atomic mass is 16.5. The number of hydrogen-bond donors (Lipinski definition) is 1. The number of hydrogen-bond acceptors (Lipinski definition) is 6. The summed E-state index contributed by atoms with van der Waals surface area (Å²) in [7, 11) is 1.60. The van der Waals surface area contributed by atoms with E-state index in [0.717, 1.165) is 25.7 Å². The van der Waals surface area contributed by atoms with Crippen molar-refractivity contribution in [3.05, 3.63) is 57.5 Å². The number of ether oxygens (including phenoxy) is 3. The van der Waals surface area contributed by atoms with E-state index < -0.39 is 0 Å². The Balaban J connectivity index is 1.35. The second-order valence-electron chi connectivity index (χ2n) is 8.52. The molecular weight excluding hydrogens is 410 g/mol. The molecule has 32 heavy (non-hydrogen) atoms. The van der Waals surface area contributed by atoms with E-state index in [0.29, 0.717) is 43.1 Å². The van der Waals surface area contributed by atoms with Gasteiger partial charge in [-0.2, -0.15) is 0 Å². The molecule has 1 amide bonds. The summed E-state index contributed by atoms with van der Waals surface area (Å²) in [5.74, 6) is 0.101. The number of fused-ring (bicyclic) bond motifs is 1. The number of nitrogens with zero attached hydrogens (tertiary/aromatic N) is 2. The lowest BCUT2D eigenvalue weighted by Gasteiger charge is -2.32. The summed E-state index contributed by atoms with van der Waals surface area (Å²) in [6.07, 6.45) is 11.2. The molecule has 168 valence electrons. The normalized spacial score (nSPS) is 23.0. The van der Waals surface area contributed by atoms with Gasteiger partial charge in [-0.15, -0.1) is 0 Å². The Morgan fingerprint density at radius 1 is 1.38 bits per heavy atom. The Bertz CT molecular complexity index is 1150. The number of rotatable bonds is 5. The lowest BCUT2D eigenvalue weighted by molar-refractivity contribution is -0.0531. The third-order valence-corrected chi connectivity index (χ3v) is 6.34. The van der Waals surface area contributed by atoms with Gasteiger partial charge in [-0.25, -0.2) is 4.98 Å². The number of amides is 1. The van der Waals surface area contributed by atoms with Crippen LogP contribution in [0, 0.1) is 0 Å². The average molecular weight is 437 g/mol. The van der Waals surface area contributed by atoms with Crippen LogP contribution in [0.15, 0.2) is 46.6 Å². The van der Waals surface area contributed by atoms with Crippen LogP contribution in [-0.2, 0) is 9.47 Å². The maximum atomic E-state index is 13.2. The number of morpholine rings is 1. The predicted molar refractivity (Wildman–Crippen MR) is 119 cm³/mol. The SMILES string of the molecule is COC[C@H]1CN(C(=O)c2c[nH]c3cnc(OC4CC5=C(CCC=C5)C4)cc3c2=O)CCO1. The van der Waals surface area contributed by atoms with Crippen molar-refractivity contribution in [3.8, 4) is 5.88 Å². The molecule has 2 aliphatic carbocycles. The molecule has 3 heterocycles. The van der Waals surface area contributed by atoms with Crippen molar-refractivity contribution in [2.75, 3.05) is 33.4 Å². The van der Waals surface area contributed by atoms with Gasteiger partial charge < -0.3 is 24.1 Å². The molecule has 3 aliphatic rings. The Kier molecular flexibility index (Phi) is 5.80. The maximum Gasteiger partial charge on any atom is 0.259 e. The summed E-state index contributed by atoms with van der Waals surface area (Å²) in [6.45, 7) is 1.65. The maximum absolute atomic E-state index is 13.2. The van der Waals surface area contributed by atoms with Crippen LogP contribution >= 0.6 is 0 Å². The number of carbonyl (C=O) groups is 1. The number of pyridine rings is 2. The van der Waals surface area contributed by atoms with Crippen LogP contribution in [0.25, 0.3) is 10.9 Å². The fourth-order valence-electron chi connectivity index (χ4n) is 4.74. The molecule has 0 bridgehead atoms. The van der Waals surface area contributed by atoms with Crippen LogP contribution < -0.4 is 10.2 Å². The lowest BCUT2D eigenvalue weighted by Crippen LogP contribution is -2.48. The highest BCUT2D eigenvalue weighted by molar-refractivity contribution is 5.97. The van der Waals surface area contributed by atoms with Crippen LogP contribution in [-0.4, -0.2) is 66.4 Å². The van der Waals surface area contributed by atoms with Crippen LogP contribution in [0.5, 0.6) is 5.88 Å². The van der Waals surface area contributed by atoms with Gasteiger partial charge in [0.05, 0.1) is 36.4 Å². The van der Waals surface area contributed by atoms with E-state index in [2.05, 4.69) is 22.1 Å². The fourth-order valence-corrected chi connectivity index (χ4v) is 4.74. The average Bonchev–Trinajstić information content (AvgIpc) is 3.22. The minimum Gasteiger partial charge on any atom is -0.474 e. The number of H-pyrrole nitrogens is 1. The molecule has 0 radical (unpaired) electrons. The van der Waals surface area contributed by atoms with Gasteiger partial charge in [-0.1, -0.05) is 17.7 Å². The highest BCUT2D eigenvalue weighted by Gasteiger charge is 2.28. The summed E-state index contributed by atoms with van der Waals surface area (Å²) in [5, 5.41) is 0.401. The second-order valence-corrected chi connectivity index (χ2v) is 8.52. The molecule has 0 spiro atoms. The van der Waals surface area contributed by atoms with E-state index in [9.17, 15) is 9.59 Å². The summed E-state index contributed by atoms with van der Waals surface area (Å²) >= 11 is 0. The predicted octanol–water partition coefficient (Wildman–Crippen LogP) is 2.60. The van der Waals surface area contributed by atoms with Gasteiger partial charge in [0, 0.05) is 45.3 Å². The van der Waals surface area contributed by atoms with Crippen molar-refractivity contribution in [2.24, 2.45) is 0 Å². The zero-order chi connectivity index (χ0) is 22.1. The summed E-state index contributed by atoms with van der Waals surface area (Å²) < 4.78 is 16.9. The Labute approximate surface area is 185 Å². The van der Waals surface area contributed by atoms with Gasteiger partial charge in [0.1, 0.15) is 11.7 Å².